The number of carbonyl (C=O) groups is 2. The lowest BCUT2D eigenvalue weighted by molar-refractivity contribution is -0.142. The summed E-state index contributed by atoms with van der Waals surface area (Å²) >= 11 is 0. The number of carbonyl (C=O) groups excluding carboxylic acids is 2. The van der Waals surface area contributed by atoms with Gasteiger partial charge in [0.1, 0.15) is 0 Å². The summed E-state index contributed by atoms with van der Waals surface area (Å²) in [7, 11) is -3.61. The summed E-state index contributed by atoms with van der Waals surface area (Å²) in [5.41, 5.74) is -0.386. The van der Waals surface area contributed by atoms with Gasteiger partial charge in [-0.15, -0.1) is 12.4 Å². The number of halogens is 1. The van der Waals surface area contributed by atoms with Crippen molar-refractivity contribution in [3.8, 4) is 5.75 Å². The third-order valence-corrected chi connectivity index (χ3v) is 3.67. The maximum absolute atomic E-state index is 12.2. The van der Waals surface area contributed by atoms with Gasteiger partial charge in [0.2, 0.25) is 10.0 Å². The standard InChI is InChI=1S/C17H26N2O5S.ClH/c1-11(2)18-10-14(20)12-7-8-15(24-16(21)17(3,4)5)13(9-12)19-25(6,22)23;/h7-9,11,18-19H,10H2,1-6H3;1H. The van der Waals surface area contributed by atoms with E-state index in [1.54, 1.807) is 20.8 Å². The molecule has 1 aromatic carbocycles. The van der Waals surface area contributed by atoms with E-state index in [0.29, 0.717) is 5.56 Å². The molecule has 1 rings (SSSR count). The van der Waals surface area contributed by atoms with E-state index in [1.807, 2.05) is 13.8 Å². The van der Waals surface area contributed by atoms with Gasteiger partial charge in [-0.25, -0.2) is 8.42 Å². The van der Waals surface area contributed by atoms with E-state index in [1.165, 1.54) is 18.2 Å². The summed E-state index contributed by atoms with van der Waals surface area (Å²) < 4.78 is 30.8. The molecule has 0 atom stereocenters. The molecule has 0 saturated carbocycles. The third-order valence-electron chi connectivity index (χ3n) is 3.08. The highest BCUT2D eigenvalue weighted by Gasteiger charge is 2.25. The van der Waals surface area contributed by atoms with E-state index in [9.17, 15) is 18.0 Å². The van der Waals surface area contributed by atoms with Crippen molar-refractivity contribution in [2.75, 3.05) is 17.5 Å². The van der Waals surface area contributed by atoms with Crippen molar-refractivity contribution in [3.05, 3.63) is 23.8 Å². The SMILES string of the molecule is CC(C)NCC(=O)c1ccc(OC(=O)C(C)(C)C)c(NS(C)(=O)=O)c1.Cl. The molecule has 7 nitrogen and oxygen atoms in total. The molecule has 0 aliphatic heterocycles. The zero-order valence-electron chi connectivity index (χ0n) is 15.9. The monoisotopic (exact) mass is 406 g/mol. The Kier molecular flexibility index (Phi) is 8.75. The number of Topliss-reactive ketones (excluding diaryl/α,β-unsaturated/α-hetero) is 1. The highest BCUT2D eigenvalue weighted by Crippen LogP contribution is 2.29. The smallest absolute Gasteiger partial charge is 0.316 e. The van der Waals surface area contributed by atoms with Crippen LogP contribution < -0.4 is 14.8 Å². The first-order valence-electron chi connectivity index (χ1n) is 7.90. The molecule has 2 N–H and O–H groups in total. The number of benzene rings is 1. The van der Waals surface area contributed by atoms with Crippen LogP contribution in [-0.4, -0.2) is 39.0 Å². The molecule has 0 spiro atoms. The van der Waals surface area contributed by atoms with Gasteiger partial charge in [0.15, 0.2) is 11.5 Å². The molecule has 148 valence electrons. The van der Waals surface area contributed by atoms with Crippen LogP contribution in [0.15, 0.2) is 18.2 Å². The van der Waals surface area contributed by atoms with Gasteiger partial charge in [0, 0.05) is 11.6 Å². The quantitative estimate of drug-likeness (QED) is 0.410. The zero-order valence-corrected chi connectivity index (χ0v) is 17.5. The minimum atomic E-state index is -3.61. The third kappa shape index (κ3) is 8.16. The summed E-state index contributed by atoms with van der Waals surface area (Å²) in [6.07, 6.45) is 0.983. The van der Waals surface area contributed by atoms with Gasteiger partial charge in [-0.1, -0.05) is 13.8 Å². The Bertz CT molecular complexity index is 755. The van der Waals surface area contributed by atoms with Crippen molar-refractivity contribution in [2.24, 2.45) is 5.41 Å². The molecule has 0 saturated heterocycles. The fourth-order valence-corrected chi connectivity index (χ4v) is 2.28. The van der Waals surface area contributed by atoms with Crippen LogP contribution in [0, 0.1) is 5.41 Å². The van der Waals surface area contributed by atoms with Crippen LogP contribution in [0.2, 0.25) is 0 Å². The largest absolute Gasteiger partial charge is 0.424 e. The van der Waals surface area contributed by atoms with Gasteiger partial charge in [0.25, 0.3) is 0 Å². The fraction of sp³-hybridized carbons (Fsp3) is 0.529. The Morgan fingerprint density at radius 1 is 1.19 bits per heavy atom. The number of hydrogen-bond donors (Lipinski definition) is 2. The summed E-state index contributed by atoms with van der Waals surface area (Å²) in [5, 5.41) is 3.00. The molecular weight excluding hydrogens is 380 g/mol. The molecule has 0 bridgehead atoms. The number of ether oxygens (including phenoxy) is 1. The van der Waals surface area contributed by atoms with Crippen molar-refractivity contribution in [3.63, 3.8) is 0 Å². The number of sulfonamides is 1. The first-order chi connectivity index (χ1) is 11.3. The van der Waals surface area contributed by atoms with Gasteiger partial charge in [-0.3, -0.25) is 14.3 Å². The first kappa shape index (κ1) is 24.4. The molecule has 0 unspecified atom stereocenters. The van der Waals surface area contributed by atoms with Gasteiger partial charge in [0.05, 0.1) is 23.9 Å². The average molecular weight is 407 g/mol. The lowest BCUT2D eigenvalue weighted by atomic mass is 9.97. The Morgan fingerprint density at radius 2 is 1.77 bits per heavy atom. The van der Waals surface area contributed by atoms with Gasteiger partial charge in [-0.2, -0.15) is 0 Å². The van der Waals surface area contributed by atoms with Crippen LogP contribution in [-0.2, 0) is 14.8 Å². The second-order valence-corrected chi connectivity index (χ2v) is 8.93. The molecular formula is C17H27ClN2O5S. The molecule has 0 amide bonds. The van der Waals surface area contributed by atoms with Crippen LogP contribution in [0.5, 0.6) is 5.75 Å². The van der Waals surface area contributed by atoms with Gasteiger partial charge < -0.3 is 10.1 Å². The zero-order chi connectivity index (χ0) is 19.4. The molecule has 9 heteroatoms. The molecule has 1 aromatic rings. The molecule has 0 aliphatic carbocycles. The number of nitrogens with one attached hydrogen (secondary N) is 2. The summed E-state index contributed by atoms with van der Waals surface area (Å²) in [6, 6.07) is 4.43. The van der Waals surface area contributed by atoms with Crippen molar-refractivity contribution in [1.82, 2.24) is 5.32 Å². The topological polar surface area (TPSA) is 102 Å². The number of ketones is 1. The summed E-state index contributed by atoms with van der Waals surface area (Å²) in [5.74, 6) is -0.651. The minimum Gasteiger partial charge on any atom is -0.424 e. The normalized spacial score (nSPS) is 11.7. The number of anilines is 1. The van der Waals surface area contributed by atoms with E-state index < -0.39 is 21.4 Å². The molecule has 0 fully saturated rings. The predicted molar refractivity (Wildman–Crippen MR) is 105 cm³/mol. The fourth-order valence-electron chi connectivity index (χ4n) is 1.72. The van der Waals surface area contributed by atoms with Crippen molar-refractivity contribution in [1.29, 1.82) is 0 Å². The average Bonchev–Trinajstić information content (AvgIpc) is 2.43. The highest BCUT2D eigenvalue weighted by atomic mass is 35.5. The van der Waals surface area contributed by atoms with E-state index in [-0.39, 0.29) is 42.2 Å². The van der Waals surface area contributed by atoms with Crippen LogP contribution in [0.3, 0.4) is 0 Å². The van der Waals surface area contributed by atoms with E-state index in [4.69, 9.17) is 4.74 Å². The lowest BCUT2D eigenvalue weighted by Crippen LogP contribution is -2.29. The second-order valence-electron chi connectivity index (χ2n) is 7.18. The van der Waals surface area contributed by atoms with Crippen molar-refractivity contribution >= 4 is 39.9 Å². The van der Waals surface area contributed by atoms with Gasteiger partial charge in [-0.05, 0) is 39.0 Å². The van der Waals surface area contributed by atoms with Crippen molar-refractivity contribution < 1.29 is 22.7 Å². The van der Waals surface area contributed by atoms with Crippen LogP contribution >= 0.6 is 12.4 Å². The Labute approximate surface area is 161 Å². The van der Waals surface area contributed by atoms with Gasteiger partial charge >= 0.3 is 5.97 Å². The number of hydrogen-bond acceptors (Lipinski definition) is 6. The van der Waals surface area contributed by atoms with E-state index in [2.05, 4.69) is 10.0 Å². The van der Waals surface area contributed by atoms with Crippen molar-refractivity contribution in [2.45, 2.75) is 40.7 Å². The maximum atomic E-state index is 12.2. The Hall–Kier alpha value is -1.64. The summed E-state index contributed by atoms with van der Waals surface area (Å²) in [6.45, 7) is 9.02. The second kappa shape index (κ2) is 9.34. The highest BCUT2D eigenvalue weighted by molar-refractivity contribution is 7.92. The summed E-state index contributed by atoms with van der Waals surface area (Å²) in [4.78, 5) is 24.3. The number of esters is 1. The molecule has 0 radical (unpaired) electrons. The molecule has 0 aromatic heterocycles. The first-order valence-corrected chi connectivity index (χ1v) is 9.79. The lowest BCUT2D eigenvalue weighted by Gasteiger charge is -2.18. The maximum Gasteiger partial charge on any atom is 0.316 e. The van der Waals surface area contributed by atoms with E-state index in [0.717, 1.165) is 6.26 Å². The number of rotatable bonds is 7. The molecule has 0 heterocycles. The Morgan fingerprint density at radius 3 is 2.23 bits per heavy atom. The molecule has 26 heavy (non-hydrogen) atoms. The minimum absolute atomic E-state index is 0. The molecule has 0 aliphatic rings. The van der Waals surface area contributed by atoms with Crippen LogP contribution in [0.4, 0.5) is 5.69 Å². The van der Waals surface area contributed by atoms with Crippen LogP contribution in [0.1, 0.15) is 45.0 Å². The predicted octanol–water partition coefficient (Wildman–Crippen LogP) is 2.61. The van der Waals surface area contributed by atoms with Crippen LogP contribution in [0.25, 0.3) is 0 Å². The van der Waals surface area contributed by atoms with E-state index >= 15 is 0 Å². The Balaban J connectivity index is 0.00000625.